The lowest BCUT2D eigenvalue weighted by atomic mass is 9.97. The Labute approximate surface area is 136 Å². The summed E-state index contributed by atoms with van der Waals surface area (Å²) >= 11 is 0. The Bertz CT molecular complexity index is 694. The van der Waals surface area contributed by atoms with Crippen molar-refractivity contribution in [3.63, 3.8) is 0 Å². The Hall–Kier alpha value is -2.36. The highest BCUT2D eigenvalue weighted by Gasteiger charge is 2.19. The minimum absolute atomic E-state index is 0.0928. The molecule has 1 amide bonds. The van der Waals surface area contributed by atoms with E-state index in [2.05, 4.69) is 5.32 Å². The summed E-state index contributed by atoms with van der Waals surface area (Å²) < 4.78 is 0. The van der Waals surface area contributed by atoms with Gasteiger partial charge in [0, 0.05) is 13.0 Å². The van der Waals surface area contributed by atoms with E-state index in [1.54, 1.807) is 0 Å². The summed E-state index contributed by atoms with van der Waals surface area (Å²) in [6.07, 6.45) is 0.824. The fourth-order valence-corrected chi connectivity index (χ4v) is 2.58. The topological polar surface area (TPSA) is 66.4 Å². The molecule has 0 aliphatic rings. The SMILES string of the molecule is CC(C)CC(=O)NCC(Cc1ccc2ccccc2c1)C(=O)O. The van der Waals surface area contributed by atoms with Crippen LogP contribution in [0, 0.1) is 11.8 Å². The first-order chi connectivity index (χ1) is 11.0. The number of carboxylic acid groups (broad SMARTS) is 1. The van der Waals surface area contributed by atoms with Gasteiger partial charge < -0.3 is 10.4 Å². The van der Waals surface area contributed by atoms with E-state index >= 15 is 0 Å². The zero-order valence-electron chi connectivity index (χ0n) is 13.6. The monoisotopic (exact) mass is 313 g/mol. The average Bonchev–Trinajstić information content (AvgIpc) is 2.50. The van der Waals surface area contributed by atoms with Gasteiger partial charge in [-0.1, -0.05) is 56.3 Å². The van der Waals surface area contributed by atoms with Crippen LogP contribution in [-0.4, -0.2) is 23.5 Å². The van der Waals surface area contributed by atoms with Crippen LogP contribution in [0.2, 0.25) is 0 Å². The highest BCUT2D eigenvalue weighted by Crippen LogP contribution is 2.18. The number of fused-ring (bicyclic) bond motifs is 1. The van der Waals surface area contributed by atoms with Crippen molar-refractivity contribution in [1.29, 1.82) is 0 Å². The maximum absolute atomic E-state index is 11.7. The molecule has 0 radical (unpaired) electrons. The quantitative estimate of drug-likeness (QED) is 0.824. The van der Waals surface area contributed by atoms with E-state index in [9.17, 15) is 14.7 Å². The molecule has 2 aromatic rings. The molecule has 0 aliphatic heterocycles. The number of amides is 1. The number of benzene rings is 2. The van der Waals surface area contributed by atoms with Gasteiger partial charge in [0.05, 0.1) is 5.92 Å². The van der Waals surface area contributed by atoms with Gasteiger partial charge in [0.15, 0.2) is 0 Å². The van der Waals surface area contributed by atoms with Crippen molar-refractivity contribution in [2.75, 3.05) is 6.54 Å². The number of nitrogens with one attached hydrogen (secondary N) is 1. The Morgan fingerprint density at radius 1 is 1.09 bits per heavy atom. The van der Waals surface area contributed by atoms with E-state index in [1.165, 1.54) is 0 Å². The van der Waals surface area contributed by atoms with Gasteiger partial charge in [-0.15, -0.1) is 0 Å². The molecule has 2 rings (SSSR count). The number of hydrogen-bond donors (Lipinski definition) is 2. The van der Waals surface area contributed by atoms with Gasteiger partial charge in [-0.25, -0.2) is 0 Å². The minimum atomic E-state index is -0.886. The van der Waals surface area contributed by atoms with Crippen molar-refractivity contribution in [1.82, 2.24) is 5.32 Å². The van der Waals surface area contributed by atoms with Crippen LogP contribution in [0.25, 0.3) is 10.8 Å². The molecule has 0 spiro atoms. The number of rotatable bonds is 7. The third-order valence-corrected chi connectivity index (χ3v) is 3.78. The lowest BCUT2D eigenvalue weighted by Crippen LogP contribution is -2.34. The molecule has 0 bridgehead atoms. The summed E-state index contributed by atoms with van der Waals surface area (Å²) in [4.78, 5) is 23.2. The second kappa shape index (κ2) is 7.77. The molecule has 2 N–H and O–H groups in total. The average molecular weight is 313 g/mol. The first-order valence-corrected chi connectivity index (χ1v) is 7.93. The Kier molecular flexibility index (Phi) is 5.74. The number of aliphatic carboxylic acids is 1. The molecular weight excluding hydrogens is 290 g/mol. The van der Waals surface area contributed by atoms with Gasteiger partial charge >= 0.3 is 5.97 Å². The summed E-state index contributed by atoms with van der Waals surface area (Å²) in [5.74, 6) is -1.33. The van der Waals surface area contributed by atoms with E-state index in [4.69, 9.17) is 0 Å². The number of carbonyl (C=O) groups excluding carboxylic acids is 1. The summed E-state index contributed by atoms with van der Waals surface area (Å²) in [5.41, 5.74) is 0.967. The smallest absolute Gasteiger partial charge is 0.308 e. The van der Waals surface area contributed by atoms with Crippen LogP contribution in [0.15, 0.2) is 42.5 Å². The second-order valence-corrected chi connectivity index (χ2v) is 6.32. The van der Waals surface area contributed by atoms with E-state index < -0.39 is 11.9 Å². The van der Waals surface area contributed by atoms with Crippen molar-refractivity contribution in [2.24, 2.45) is 11.8 Å². The van der Waals surface area contributed by atoms with E-state index in [0.29, 0.717) is 12.8 Å². The van der Waals surface area contributed by atoms with Crippen molar-refractivity contribution in [3.8, 4) is 0 Å². The van der Waals surface area contributed by atoms with Crippen LogP contribution in [0.5, 0.6) is 0 Å². The molecule has 1 unspecified atom stereocenters. The standard InChI is InChI=1S/C19H23NO3/c1-13(2)9-18(21)20-12-17(19(22)23)11-14-7-8-15-5-3-4-6-16(15)10-14/h3-8,10,13,17H,9,11-12H2,1-2H3,(H,20,21)(H,22,23). The summed E-state index contributed by atoms with van der Waals surface area (Å²) in [6.45, 7) is 4.08. The fraction of sp³-hybridized carbons (Fsp3) is 0.368. The Morgan fingerprint density at radius 3 is 2.43 bits per heavy atom. The van der Waals surface area contributed by atoms with Crippen LogP contribution >= 0.6 is 0 Å². The predicted octanol–water partition coefficient (Wildman–Crippen LogP) is 3.25. The van der Waals surface area contributed by atoms with Crippen molar-refractivity contribution >= 4 is 22.6 Å². The molecule has 23 heavy (non-hydrogen) atoms. The molecule has 0 saturated heterocycles. The molecule has 4 heteroatoms. The van der Waals surface area contributed by atoms with Gasteiger partial charge in [0.2, 0.25) is 5.91 Å². The van der Waals surface area contributed by atoms with E-state index in [-0.39, 0.29) is 18.4 Å². The molecular formula is C19H23NO3. The zero-order valence-corrected chi connectivity index (χ0v) is 13.6. The molecule has 0 aromatic heterocycles. The third-order valence-electron chi connectivity index (χ3n) is 3.78. The number of carboxylic acids is 1. The number of hydrogen-bond acceptors (Lipinski definition) is 2. The predicted molar refractivity (Wildman–Crippen MR) is 91.2 cm³/mol. The van der Waals surface area contributed by atoms with Gasteiger partial charge in [0.1, 0.15) is 0 Å². The van der Waals surface area contributed by atoms with Gasteiger partial charge in [-0.05, 0) is 28.7 Å². The van der Waals surface area contributed by atoms with Crippen LogP contribution in [0.4, 0.5) is 0 Å². The van der Waals surface area contributed by atoms with Crippen LogP contribution < -0.4 is 5.32 Å². The highest BCUT2D eigenvalue weighted by molar-refractivity contribution is 5.83. The maximum Gasteiger partial charge on any atom is 0.308 e. The van der Waals surface area contributed by atoms with Gasteiger partial charge in [0.25, 0.3) is 0 Å². The van der Waals surface area contributed by atoms with Crippen LogP contribution in [0.1, 0.15) is 25.8 Å². The summed E-state index contributed by atoms with van der Waals surface area (Å²) in [7, 11) is 0. The number of carbonyl (C=O) groups is 2. The van der Waals surface area contributed by atoms with E-state index in [1.807, 2.05) is 56.3 Å². The summed E-state index contributed by atoms with van der Waals surface area (Å²) in [5, 5.41) is 14.4. The largest absolute Gasteiger partial charge is 0.481 e. The Balaban J connectivity index is 2.03. The molecule has 2 aromatic carbocycles. The van der Waals surface area contributed by atoms with Crippen LogP contribution in [0.3, 0.4) is 0 Å². The van der Waals surface area contributed by atoms with Crippen molar-refractivity contribution in [3.05, 3.63) is 48.0 Å². The van der Waals surface area contributed by atoms with Crippen molar-refractivity contribution in [2.45, 2.75) is 26.7 Å². The molecule has 0 heterocycles. The molecule has 1 atom stereocenters. The van der Waals surface area contributed by atoms with Crippen LogP contribution in [-0.2, 0) is 16.0 Å². The van der Waals surface area contributed by atoms with Gasteiger partial charge in [-0.2, -0.15) is 0 Å². The molecule has 4 nitrogen and oxygen atoms in total. The maximum atomic E-state index is 11.7. The molecule has 0 saturated carbocycles. The molecule has 0 fully saturated rings. The molecule has 122 valence electrons. The Morgan fingerprint density at radius 2 is 1.78 bits per heavy atom. The van der Waals surface area contributed by atoms with Crippen molar-refractivity contribution < 1.29 is 14.7 Å². The summed E-state index contributed by atoms with van der Waals surface area (Å²) in [6, 6.07) is 14.0. The third kappa shape index (κ3) is 5.09. The second-order valence-electron chi connectivity index (χ2n) is 6.32. The zero-order chi connectivity index (χ0) is 16.8. The first-order valence-electron chi connectivity index (χ1n) is 7.93. The first kappa shape index (κ1) is 17.0. The highest BCUT2D eigenvalue weighted by atomic mass is 16.4. The molecule has 0 aliphatic carbocycles. The normalized spacial score (nSPS) is 12.3. The lowest BCUT2D eigenvalue weighted by molar-refractivity contribution is -0.141. The van der Waals surface area contributed by atoms with E-state index in [0.717, 1.165) is 16.3 Å². The minimum Gasteiger partial charge on any atom is -0.481 e. The lowest BCUT2D eigenvalue weighted by Gasteiger charge is -2.14. The fourth-order valence-electron chi connectivity index (χ4n) is 2.58. The van der Waals surface area contributed by atoms with Gasteiger partial charge in [-0.3, -0.25) is 9.59 Å².